The van der Waals surface area contributed by atoms with Crippen molar-refractivity contribution in [2.75, 3.05) is 10.6 Å². The predicted octanol–water partition coefficient (Wildman–Crippen LogP) is 3.55. The van der Waals surface area contributed by atoms with E-state index in [2.05, 4.69) is 25.8 Å². The van der Waals surface area contributed by atoms with Crippen LogP contribution >= 0.6 is 11.6 Å². The normalized spacial score (nSPS) is 13.0. The van der Waals surface area contributed by atoms with Gasteiger partial charge in [0.15, 0.2) is 0 Å². The number of hydrogen-bond acceptors (Lipinski definition) is 4. The Morgan fingerprint density at radius 2 is 2.04 bits per heavy atom. The van der Waals surface area contributed by atoms with Crippen LogP contribution in [0.1, 0.15) is 19.4 Å². The van der Waals surface area contributed by atoms with Gasteiger partial charge in [-0.3, -0.25) is 10.1 Å². The number of hydrogen-bond donors (Lipinski definition) is 3. The molecular weight excluding hydrogens is 347 g/mol. The van der Waals surface area contributed by atoms with Crippen LogP contribution in [-0.4, -0.2) is 27.1 Å². The summed E-state index contributed by atoms with van der Waals surface area (Å²) in [7, 11) is 0. The molecule has 1 amide bonds. The molecule has 1 aromatic heterocycles. The van der Waals surface area contributed by atoms with Crippen molar-refractivity contribution in [1.29, 1.82) is 0 Å². The van der Waals surface area contributed by atoms with Gasteiger partial charge in [-0.2, -0.15) is 23.3 Å². The molecule has 0 spiro atoms. The number of alkyl halides is 3. The number of anilines is 2. The van der Waals surface area contributed by atoms with E-state index in [1.807, 2.05) is 0 Å². The third-order valence-electron chi connectivity index (χ3n) is 3.21. The van der Waals surface area contributed by atoms with E-state index in [0.29, 0.717) is 0 Å². The zero-order valence-corrected chi connectivity index (χ0v) is 13.5. The number of aromatic nitrogens is 3. The Balaban J connectivity index is 2.17. The van der Waals surface area contributed by atoms with Gasteiger partial charge in [-0.15, -0.1) is 0 Å². The Hall–Kier alpha value is -2.29. The summed E-state index contributed by atoms with van der Waals surface area (Å²) in [5.74, 6) is -0.407. The second-order valence-corrected chi connectivity index (χ2v) is 5.79. The van der Waals surface area contributed by atoms with Gasteiger partial charge in [0.25, 0.3) is 0 Å². The summed E-state index contributed by atoms with van der Waals surface area (Å²) in [4.78, 5) is 16.1. The molecule has 6 nitrogen and oxygen atoms in total. The number of rotatable bonds is 5. The van der Waals surface area contributed by atoms with Gasteiger partial charge < -0.3 is 5.32 Å². The van der Waals surface area contributed by atoms with Crippen LogP contribution in [0.25, 0.3) is 0 Å². The van der Waals surface area contributed by atoms with Gasteiger partial charge in [0.05, 0.1) is 16.3 Å². The molecule has 0 saturated carbocycles. The maximum absolute atomic E-state index is 12.7. The number of H-pyrrole nitrogens is 1. The maximum Gasteiger partial charge on any atom is 0.416 e. The first-order valence-corrected chi connectivity index (χ1v) is 7.36. The van der Waals surface area contributed by atoms with E-state index in [9.17, 15) is 18.0 Å². The average Bonchev–Trinajstić information content (AvgIpc) is 2.97. The summed E-state index contributed by atoms with van der Waals surface area (Å²) in [6.07, 6.45) is -3.25. The molecule has 1 aromatic carbocycles. The highest BCUT2D eigenvalue weighted by Crippen LogP contribution is 2.34. The molecule has 0 saturated heterocycles. The third-order valence-corrected chi connectivity index (χ3v) is 3.53. The van der Waals surface area contributed by atoms with Crippen LogP contribution in [-0.2, 0) is 11.0 Å². The standard InChI is InChI=1S/C14H15ClF3N5O/c1-7(2)11(12(24)22-13-19-6-20-23-13)21-10-4-3-8(5-9(10)15)14(16,17)18/h3-7,11,21H,1-2H3,(H2,19,20,22,23,24)/t11-/m0/s1. The SMILES string of the molecule is CC(C)[C@H](Nc1ccc(C(F)(F)F)cc1Cl)C(=O)Nc1ncn[nH]1. The summed E-state index contributed by atoms with van der Waals surface area (Å²) >= 11 is 5.91. The molecule has 0 aliphatic carbocycles. The lowest BCUT2D eigenvalue weighted by Gasteiger charge is -2.23. The predicted molar refractivity (Wildman–Crippen MR) is 83.7 cm³/mol. The number of carbonyl (C=O) groups is 1. The van der Waals surface area contributed by atoms with Gasteiger partial charge in [-0.05, 0) is 24.1 Å². The van der Waals surface area contributed by atoms with Crippen LogP contribution in [0, 0.1) is 5.92 Å². The van der Waals surface area contributed by atoms with Crippen LogP contribution in [0.4, 0.5) is 24.8 Å². The highest BCUT2D eigenvalue weighted by Gasteiger charge is 2.31. The highest BCUT2D eigenvalue weighted by atomic mass is 35.5. The molecule has 3 N–H and O–H groups in total. The van der Waals surface area contributed by atoms with Crippen LogP contribution in [0.5, 0.6) is 0 Å². The van der Waals surface area contributed by atoms with Gasteiger partial charge in [0.1, 0.15) is 12.4 Å². The van der Waals surface area contributed by atoms with Crippen molar-refractivity contribution in [1.82, 2.24) is 15.2 Å². The van der Waals surface area contributed by atoms with Crippen molar-refractivity contribution in [2.24, 2.45) is 5.92 Å². The second kappa shape index (κ2) is 7.08. The molecule has 10 heteroatoms. The maximum atomic E-state index is 12.7. The Kier molecular flexibility index (Phi) is 5.33. The molecule has 0 aliphatic rings. The molecule has 2 aromatic rings. The van der Waals surface area contributed by atoms with E-state index in [0.717, 1.165) is 12.1 Å². The smallest absolute Gasteiger partial charge is 0.372 e. The van der Waals surface area contributed by atoms with Gasteiger partial charge in [-0.1, -0.05) is 25.4 Å². The van der Waals surface area contributed by atoms with Gasteiger partial charge in [0.2, 0.25) is 11.9 Å². The molecular formula is C14H15ClF3N5O. The Bertz CT molecular complexity index is 703. The van der Waals surface area contributed by atoms with Crippen LogP contribution in [0.15, 0.2) is 24.5 Å². The highest BCUT2D eigenvalue weighted by molar-refractivity contribution is 6.33. The first-order valence-electron chi connectivity index (χ1n) is 6.98. The fourth-order valence-electron chi connectivity index (χ4n) is 1.97. The van der Waals surface area contributed by atoms with Crippen LogP contribution in [0.2, 0.25) is 5.02 Å². The van der Waals surface area contributed by atoms with Gasteiger partial charge in [-0.25, -0.2) is 5.10 Å². The monoisotopic (exact) mass is 361 g/mol. The fourth-order valence-corrected chi connectivity index (χ4v) is 2.21. The first kappa shape index (κ1) is 18.1. The largest absolute Gasteiger partial charge is 0.416 e. The minimum atomic E-state index is -4.48. The van der Waals surface area contributed by atoms with E-state index in [4.69, 9.17) is 11.6 Å². The minimum absolute atomic E-state index is 0.122. The summed E-state index contributed by atoms with van der Waals surface area (Å²) in [6.45, 7) is 3.57. The van der Waals surface area contributed by atoms with Crippen molar-refractivity contribution < 1.29 is 18.0 Å². The lowest BCUT2D eigenvalue weighted by Crippen LogP contribution is -2.39. The molecule has 1 heterocycles. The Labute approximate surface area is 140 Å². The number of halogens is 4. The molecule has 0 radical (unpaired) electrons. The van der Waals surface area contributed by atoms with Crippen molar-refractivity contribution in [3.63, 3.8) is 0 Å². The Morgan fingerprint density at radius 3 is 2.54 bits per heavy atom. The second-order valence-electron chi connectivity index (χ2n) is 5.38. The molecule has 1 atom stereocenters. The van der Waals surface area contributed by atoms with Gasteiger partial charge >= 0.3 is 6.18 Å². The van der Waals surface area contributed by atoms with Crippen molar-refractivity contribution in [3.8, 4) is 0 Å². The molecule has 24 heavy (non-hydrogen) atoms. The first-order chi connectivity index (χ1) is 11.2. The number of benzene rings is 1. The van der Waals surface area contributed by atoms with Crippen molar-refractivity contribution in [2.45, 2.75) is 26.1 Å². The summed E-state index contributed by atoms with van der Waals surface area (Å²) in [5, 5.41) is 11.4. The molecule has 0 bridgehead atoms. The molecule has 130 valence electrons. The van der Waals surface area contributed by atoms with Crippen LogP contribution < -0.4 is 10.6 Å². The zero-order valence-electron chi connectivity index (χ0n) is 12.8. The van der Waals surface area contributed by atoms with E-state index >= 15 is 0 Å². The molecule has 0 unspecified atom stereocenters. The van der Waals surface area contributed by atoms with Gasteiger partial charge in [0, 0.05) is 0 Å². The lowest BCUT2D eigenvalue weighted by atomic mass is 10.0. The molecule has 2 rings (SSSR count). The number of nitrogens with one attached hydrogen (secondary N) is 3. The number of aromatic amines is 1. The summed E-state index contributed by atoms with van der Waals surface area (Å²) in [6, 6.07) is 2.18. The summed E-state index contributed by atoms with van der Waals surface area (Å²) in [5.41, 5.74) is -0.624. The fraction of sp³-hybridized carbons (Fsp3) is 0.357. The molecule has 0 aliphatic heterocycles. The number of nitrogens with zero attached hydrogens (tertiary/aromatic N) is 2. The topological polar surface area (TPSA) is 82.7 Å². The zero-order chi connectivity index (χ0) is 17.9. The van der Waals surface area contributed by atoms with Crippen LogP contribution in [0.3, 0.4) is 0 Å². The average molecular weight is 362 g/mol. The lowest BCUT2D eigenvalue weighted by molar-refractivity contribution is -0.137. The van der Waals surface area contributed by atoms with E-state index in [-0.39, 0.29) is 22.6 Å². The number of amides is 1. The quantitative estimate of drug-likeness (QED) is 0.760. The number of carbonyl (C=O) groups excluding carboxylic acids is 1. The Morgan fingerprint density at radius 1 is 1.33 bits per heavy atom. The minimum Gasteiger partial charge on any atom is -0.372 e. The van der Waals surface area contributed by atoms with Crippen molar-refractivity contribution >= 4 is 29.1 Å². The van der Waals surface area contributed by atoms with E-state index in [1.54, 1.807) is 13.8 Å². The molecule has 0 fully saturated rings. The van der Waals surface area contributed by atoms with E-state index in [1.165, 1.54) is 12.4 Å². The van der Waals surface area contributed by atoms with Crippen molar-refractivity contribution in [3.05, 3.63) is 35.1 Å². The summed E-state index contributed by atoms with van der Waals surface area (Å²) < 4.78 is 38.0. The third kappa shape index (κ3) is 4.38. The van der Waals surface area contributed by atoms with E-state index < -0.39 is 23.7 Å².